The van der Waals surface area contributed by atoms with Crippen molar-refractivity contribution in [2.45, 2.75) is 6.18 Å². The van der Waals surface area contributed by atoms with Crippen molar-refractivity contribution in [2.24, 2.45) is 0 Å². The SMILES string of the molecule is CN(C)CCNc1ccc(C(F)(F)F)nn1. The molecule has 0 fully saturated rings. The standard InChI is InChI=1S/C9H13F3N4/c1-16(2)6-5-13-8-4-3-7(14-15-8)9(10,11)12/h3-4H,5-6H2,1-2H3,(H,13,15). The monoisotopic (exact) mass is 234 g/mol. The minimum atomic E-state index is -4.44. The molecule has 1 aromatic heterocycles. The summed E-state index contributed by atoms with van der Waals surface area (Å²) in [5, 5.41) is 9.41. The van der Waals surface area contributed by atoms with Gasteiger partial charge in [-0.15, -0.1) is 10.2 Å². The van der Waals surface area contributed by atoms with Crippen LogP contribution in [0.3, 0.4) is 0 Å². The zero-order valence-electron chi connectivity index (χ0n) is 9.04. The van der Waals surface area contributed by atoms with Gasteiger partial charge in [-0.25, -0.2) is 0 Å². The molecular weight excluding hydrogens is 221 g/mol. The molecule has 4 nitrogen and oxygen atoms in total. The molecule has 0 saturated heterocycles. The van der Waals surface area contributed by atoms with E-state index in [9.17, 15) is 13.2 Å². The Hall–Kier alpha value is -1.37. The third kappa shape index (κ3) is 4.01. The Kier molecular flexibility index (Phi) is 4.05. The molecule has 1 heterocycles. The Morgan fingerprint density at radius 2 is 1.94 bits per heavy atom. The fourth-order valence-corrected chi connectivity index (χ4v) is 0.985. The van der Waals surface area contributed by atoms with Crippen LogP contribution < -0.4 is 5.32 Å². The summed E-state index contributed by atoms with van der Waals surface area (Å²) >= 11 is 0. The Morgan fingerprint density at radius 1 is 1.25 bits per heavy atom. The second kappa shape index (κ2) is 5.11. The van der Waals surface area contributed by atoms with Crippen LogP contribution in [0, 0.1) is 0 Å². The molecule has 1 rings (SSSR count). The Labute approximate surface area is 91.5 Å². The highest BCUT2D eigenvalue weighted by Crippen LogP contribution is 2.26. The molecule has 0 aromatic carbocycles. The number of aromatic nitrogens is 2. The normalized spacial score (nSPS) is 11.9. The lowest BCUT2D eigenvalue weighted by Gasteiger charge is -2.10. The van der Waals surface area contributed by atoms with Gasteiger partial charge in [0.25, 0.3) is 0 Å². The number of likely N-dealkylation sites (N-methyl/N-ethyl adjacent to an activating group) is 1. The first-order chi connectivity index (χ1) is 7.39. The molecule has 90 valence electrons. The van der Waals surface area contributed by atoms with E-state index in [2.05, 4.69) is 15.5 Å². The quantitative estimate of drug-likeness (QED) is 0.856. The summed E-state index contributed by atoms with van der Waals surface area (Å²) < 4.78 is 36.4. The lowest BCUT2D eigenvalue weighted by molar-refractivity contribution is -0.141. The number of nitrogens with zero attached hydrogens (tertiary/aromatic N) is 3. The summed E-state index contributed by atoms with van der Waals surface area (Å²) in [6.07, 6.45) is -4.44. The van der Waals surface area contributed by atoms with Crippen LogP contribution in [0.5, 0.6) is 0 Å². The van der Waals surface area contributed by atoms with Crippen LogP contribution >= 0.6 is 0 Å². The van der Waals surface area contributed by atoms with Gasteiger partial charge in [0.1, 0.15) is 5.82 Å². The van der Waals surface area contributed by atoms with Gasteiger partial charge in [0.2, 0.25) is 0 Å². The van der Waals surface area contributed by atoms with Crippen molar-refractivity contribution < 1.29 is 13.2 Å². The molecule has 0 atom stereocenters. The number of hydrogen-bond acceptors (Lipinski definition) is 4. The Bertz CT molecular complexity index is 321. The van der Waals surface area contributed by atoms with Crippen molar-refractivity contribution in [3.05, 3.63) is 17.8 Å². The van der Waals surface area contributed by atoms with Crippen molar-refractivity contribution >= 4 is 5.82 Å². The van der Waals surface area contributed by atoms with Crippen molar-refractivity contribution in [3.8, 4) is 0 Å². The van der Waals surface area contributed by atoms with Crippen LogP contribution in [0.25, 0.3) is 0 Å². The molecule has 0 saturated carbocycles. The zero-order chi connectivity index (χ0) is 12.2. The lowest BCUT2D eigenvalue weighted by Crippen LogP contribution is -2.21. The first kappa shape index (κ1) is 12.7. The molecule has 0 amide bonds. The molecule has 1 aromatic rings. The first-order valence-electron chi connectivity index (χ1n) is 4.69. The number of hydrogen-bond donors (Lipinski definition) is 1. The zero-order valence-corrected chi connectivity index (χ0v) is 9.04. The smallest absolute Gasteiger partial charge is 0.367 e. The maximum absolute atomic E-state index is 12.1. The fraction of sp³-hybridized carbons (Fsp3) is 0.556. The maximum Gasteiger partial charge on any atom is 0.435 e. The Balaban J connectivity index is 2.52. The van der Waals surface area contributed by atoms with Gasteiger partial charge in [-0.1, -0.05) is 0 Å². The largest absolute Gasteiger partial charge is 0.435 e. The van der Waals surface area contributed by atoms with Crippen molar-refractivity contribution in [1.29, 1.82) is 0 Å². The predicted octanol–water partition coefficient (Wildman–Crippen LogP) is 1.47. The van der Waals surface area contributed by atoms with Gasteiger partial charge in [-0.2, -0.15) is 13.2 Å². The van der Waals surface area contributed by atoms with Crippen molar-refractivity contribution in [2.75, 3.05) is 32.5 Å². The second-order valence-electron chi connectivity index (χ2n) is 3.53. The van der Waals surface area contributed by atoms with Gasteiger partial charge in [0, 0.05) is 13.1 Å². The molecule has 1 N–H and O–H groups in total. The number of rotatable bonds is 4. The first-order valence-corrected chi connectivity index (χ1v) is 4.69. The van der Waals surface area contributed by atoms with Gasteiger partial charge in [0.15, 0.2) is 5.69 Å². The number of alkyl halides is 3. The molecule has 0 spiro atoms. The van der Waals surface area contributed by atoms with Crippen LogP contribution in [-0.2, 0) is 6.18 Å². The molecule has 7 heteroatoms. The summed E-state index contributed by atoms with van der Waals surface area (Å²) in [7, 11) is 3.81. The third-order valence-electron chi connectivity index (χ3n) is 1.82. The van der Waals surface area contributed by atoms with E-state index < -0.39 is 11.9 Å². The van der Waals surface area contributed by atoms with Crippen molar-refractivity contribution in [1.82, 2.24) is 15.1 Å². The number of halogens is 3. The summed E-state index contributed by atoms with van der Waals surface area (Å²) in [4.78, 5) is 1.95. The van der Waals surface area contributed by atoms with Crippen LogP contribution in [0.4, 0.5) is 19.0 Å². The Morgan fingerprint density at radius 3 is 2.38 bits per heavy atom. The topological polar surface area (TPSA) is 41.0 Å². The average Bonchev–Trinajstić information content (AvgIpc) is 2.16. The van der Waals surface area contributed by atoms with Gasteiger partial charge in [-0.3, -0.25) is 0 Å². The second-order valence-corrected chi connectivity index (χ2v) is 3.53. The molecule has 0 unspecified atom stereocenters. The van der Waals surface area contributed by atoms with Crippen LogP contribution in [0.2, 0.25) is 0 Å². The lowest BCUT2D eigenvalue weighted by atomic mass is 10.4. The van der Waals surface area contributed by atoms with E-state index in [1.807, 2.05) is 19.0 Å². The summed E-state index contributed by atoms with van der Waals surface area (Å²) in [5.41, 5.74) is -0.981. The van der Waals surface area contributed by atoms with E-state index in [0.29, 0.717) is 12.4 Å². The highest BCUT2D eigenvalue weighted by Gasteiger charge is 2.32. The fourth-order valence-electron chi connectivity index (χ4n) is 0.985. The molecule has 0 aliphatic carbocycles. The summed E-state index contributed by atoms with van der Waals surface area (Å²) in [5.74, 6) is 0.342. The molecule has 0 aliphatic heterocycles. The molecule has 0 bridgehead atoms. The van der Waals surface area contributed by atoms with E-state index >= 15 is 0 Å². The van der Waals surface area contributed by atoms with Gasteiger partial charge < -0.3 is 10.2 Å². The molecular formula is C9H13F3N4. The molecule has 0 aliphatic rings. The highest BCUT2D eigenvalue weighted by atomic mass is 19.4. The van der Waals surface area contributed by atoms with E-state index in [-0.39, 0.29) is 0 Å². The van der Waals surface area contributed by atoms with Crippen molar-refractivity contribution in [3.63, 3.8) is 0 Å². The average molecular weight is 234 g/mol. The molecule has 16 heavy (non-hydrogen) atoms. The van der Waals surface area contributed by atoms with Gasteiger partial charge in [-0.05, 0) is 26.2 Å². The molecule has 0 radical (unpaired) electrons. The van der Waals surface area contributed by atoms with Crippen LogP contribution in [0.15, 0.2) is 12.1 Å². The van der Waals surface area contributed by atoms with Gasteiger partial charge in [0.05, 0.1) is 0 Å². The van der Waals surface area contributed by atoms with E-state index in [1.165, 1.54) is 6.07 Å². The van der Waals surface area contributed by atoms with Gasteiger partial charge >= 0.3 is 6.18 Å². The van der Waals surface area contributed by atoms with E-state index in [4.69, 9.17) is 0 Å². The van der Waals surface area contributed by atoms with Crippen LogP contribution in [0.1, 0.15) is 5.69 Å². The summed E-state index contributed by atoms with van der Waals surface area (Å²) in [6, 6.07) is 2.18. The van der Waals surface area contributed by atoms with E-state index in [1.54, 1.807) is 0 Å². The van der Waals surface area contributed by atoms with Crippen LogP contribution in [-0.4, -0.2) is 42.3 Å². The van der Waals surface area contributed by atoms with E-state index in [0.717, 1.165) is 12.6 Å². The minimum Gasteiger partial charge on any atom is -0.367 e. The summed E-state index contributed by atoms with van der Waals surface area (Å²) in [6.45, 7) is 1.37. The highest BCUT2D eigenvalue weighted by molar-refractivity contribution is 5.33. The number of nitrogens with one attached hydrogen (secondary N) is 1. The number of anilines is 1. The third-order valence-corrected chi connectivity index (χ3v) is 1.82. The minimum absolute atomic E-state index is 0.342. The maximum atomic E-state index is 12.1. The predicted molar refractivity (Wildman–Crippen MR) is 54.1 cm³/mol.